The molecule has 1 aromatic carbocycles. The smallest absolute Gasteiger partial charge is 0.450 e. The number of hydrogen-bond acceptors (Lipinski definition) is 10. The number of rotatable bonds is 13. The van der Waals surface area contributed by atoms with Crippen molar-refractivity contribution < 1.29 is 58.6 Å². The molecule has 14 nitrogen and oxygen atoms in total. The number of aromatic nitrogens is 2. The number of thioether (sulfide) groups is 1. The number of H-pyrrole nitrogens is 1. The summed E-state index contributed by atoms with van der Waals surface area (Å²) in [6, 6.07) is 7.22. The van der Waals surface area contributed by atoms with Crippen molar-refractivity contribution in [1.29, 1.82) is 0 Å². The zero-order valence-corrected chi connectivity index (χ0v) is 18.3. The summed E-state index contributed by atoms with van der Waals surface area (Å²) < 4.78 is 18.6. The van der Waals surface area contributed by atoms with E-state index in [4.69, 9.17) is 29.9 Å². The molecule has 0 amide bonds. The maximum Gasteiger partial charge on any atom is 0.506 e. The number of nitrogens with one attached hydrogen (secondary N) is 1. The monoisotopic (exact) mass is 502 g/mol. The van der Waals surface area contributed by atoms with Gasteiger partial charge in [-0.15, -0.1) is 0 Å². The number of nitrogens with zero attached hydrogens (tertiary/aromatic N) is 1. The highest BCUT2D eigenvalue weighted by Gasteiger charge is 2.28. The molecule has 1 heterocycles. The third-order valence-electron chi connectivity index (χ3n) is 4.29. The molecule has 0 saturated carbocycles. The Morgan fingerprint density at radius 1 is 0.853 bits per heavy atom. The van der Waals surface area contributed by atoms with Gasteiger partial charge >= 0.3 is 24.6 Å². The van der Waals surface area contributed by atoms with Crippen LogP contribution in [-0.4, -0.2) is 85.7 Å². The Balaban J connectivity index is 2.08. The topological polar surface area (TPSA) is 215 Å². The Labute approximate surface area is 195 Å². The summed E-state index contributed by atoms with van der Waals surface area (Å²) in [6.07, 6.45) is -10.8. The summed E-state index contributed by atoms with van der Waals surface area (Å²) in [4.78, 5) is 51.2. The van der Waals surface area contributed by atoms with Gasteiger partial charge in [-0.05, 0) is 12.1 Å². The minimum Gasteiger partial charge on any atom is -0.450 e. The fraction of sp³-hybridized carbons (Fsp3) is 0.421. The van der Waals surface area contributed by atoms with Crippen molar-refractivity contribution in [3.05, 3.63) is 24.3 Å². The Morgan fingerprint density at radius 2 is 1.44 bits per heavy atom. The van der Waals surface area contributed by atoms with Gasteiger partial charge in [0, 0.05) is 25.0 Å². The Hall–Kier alpha value is -3.88. The first kappa shape index (κ1) is 26.4. The fourth-order valence-corrected chi connectivity index (χ4v) is 3.92. The SMILES string of the molecule is O=C(O)OCCC(CC(CC(CSc1nc2ccccc2[nH]1)OC(=O)O)OC(=O)O)OC(=O)O. The molecular weight excluding hydrogens is 480 g/mol. The minimum atomic E-state index is -1.68. The summed E-state index contributed by atoms with van der Waals surface area (Å²) in [7, 11) is 0. The van der Waals surface area contributed by atoms with E-state index in [0.717, 1.165) is 17.3 Å². The highest BCUT2D eigenvalue weighted by atomic mass is 32.2. The Kier molecular flexibility index (Phi) is 10.1. The van der Waals surface area contributed by atoms with Crippen molar-refractivity contribution in [3.63, 3.8) is 0 Å². The Bertz CT molecular complexity index is 964. The molecule has 34 heavy (non-hydrogen) atoms. The number of ether oxygens (including phenoxy) is 4. The van der Waals surface area contributed by atoms with Crippen molar-refractivity contribution in [2.45, 2.75) is 42.7 Å². The standard InChI is InChI=1S/C19H22N2O12S/c22-16(23)30-6-5-10(31-17(24)25)7-11(32-18(26)27)8-12(33-19(28)29)9-34-15-20-13-3-1-2-4-14(13)21-15/h1-4,10-12H,5-9H2,(H,20,21)(H,22,23)(H,24,25)(H,26,27)(H,28,29). The van der Waals surface area contributed by atoms with Crippen LogP contribution in [0.5, 0.6) is 0 Å². The lowest BCUT2D eigenvalue weighted by Gasteiger charge is -2.25. The van der Waals surface area contributed by atoms with E-state index in [-0.39, 0.29) is 25.0 Å². The van der Waals surface area contributed by atoms with Crippen LogP contribution in [0.3, 0.4) is 0 Å². The summed E-state index contributed by atoms with van der Waals surface area (Å²) in [5.74, 6) is 0.0399. The average Bonchev–Trinajstić information content (AvgIpc) is 3.13. The van der Waals surface area contributed by atoms with Crippen LogP contribution < -0.4 is 0 Å². The zero-order chi connectivity index (χ0) is 25.1. The van der Waals surface area contributed by atoms with Gasteiger partial charge in [-0.25, -0.2) is 24.2 Å². The van der Waals surface area contributed by atoms with Gasteiger partial charge in [-0.1, -0.05) is 23.9 Å². The molecule has 1 aromatic heterocycles. The van der Waals surface area contributed by atoms with Gasteiger partial charge in [0.2, 0.25) is 0 Å². The third-order valence-corrected chi connectivity index (χ3v) is 5.30. The summed E-state index contributed by atoms with van der Waals surface area (Å²) in [5.41, 5.74) is 1.47. The first-order valence-electron chi connectivity index (χ1n) is 9.74. The van der Waals surface area contributed by atoms with Crippen molar-refractivity contribution in [3.8, 4) is 0 Å². The molecule has 5 N–H and O–H groups in total. The van der Waals surface area contributed by atoms with E-state index in [2.05, 4.69) is 19.4 Å². The molecule has 0 bridgehead atoms. The lowest BCUT2D eigenvalue weighted by atomic mass is 10.0. The minimum absolute atomic E-state index is 0.0399. The van der Waals surface area contributed by atoms with Crippen LogP contribution in [-0.2, 0) is 18.9 Å². The van der Waals surface area contributed by atoms with Gasteiger partial charge < -0.3 is 44.4 Å². The van der Waals surface area contributed by atoms with E-state index in [1.54, 1.807) is 12.1 Å². The highest BCUT2D eigenvalue weighted by Crippen LogP contribution is 2.24. The summed E-state index contributed by atoms with van der Waals surface area (Å²) in [5, 5.41) is 36.1. The molecule has 3 unspecified atom stereocenters. The number of fused-ring (bicyclic) bond motifs is 1. The molecule has 0 saturated heterocycles. The lowest BCUT2D eigenvalue weighted by molar-refractivity contribution is -0.0218. The van der Waals surface area contributed by atoms with E-state index in [1.165, 1.54) is 0 Å². The van der Waals surface area contributed by atoms with Crippen molar-refractivity contribution in [1.82, 2.24) is 9.97 Å². The summed E-state index contributed by atoms with van der Waals surface area (Å²) >= 11 is 1.14. The molecule has 3 atom stereocenters. The van der Waals surface area contributed by atoms with Crippen LogP contribution in [0.1, 0.15) is 19.3 Å². The van der Waals surface area contributed by atoms with Gasteiger partial charge in [0.05, 0.1) is 17.6 Å². The first-order valence-corrected chi connectivity index (χ1v) is 10.7. The fourth-order valence-electron chi connectivity index (χ4n) is 3.03. The number of carbonyl (C=O) groups is 4. The molecule has 15 heteroatoms. The van der Waals surface area contributed by atoms with Crippen molar-refractivity contribution in [2.75, 3.05) is 12.4 Å². The molecular formula is C19H22N2O12S. The normalized spacial score (nSPS) is 13.4. The quantitative estimate of drug-likeness (QED) is 0.150. The van der Waals surface area contributed by atoms with Crippen molar-refractivity contribution >= 4 is 47.4 Å². The molecule has 0 aliphatic heterocycles. The molecule has 0 radical (unpaired) electrons. The number of imidazole rings is 1. The van der Waals surface area contributed by atoms with Crippen LogP contribution in [0.4, 0.5) is 19.2 Å². The number of aromatic amines is 1. The average molecular weight is 502 g/mol. The molecule has 0 aliphatic carbocycles. The lowest BCUT2D eigenvalue weighted by Crippen LogP contribution is -2.33. The van der Waals surface area contributed by atoms with Crippen LogP contribution >= 0.6 is 11.8 Å². The number of para-hydroxylation sites is 2. The van der Waals surface area contributed by atoms with Crippen LogP contribution in [0.2, 0.25) is 0 Å². The van der Waals surface area contributed by atoms with E-state index >= 15 is 0 Å². The third kappa shape index (κ3) is 9.72. The predicted octanol–water partition coefficient (Wildman–Crippen LogP) is 3.71. The highest BCUT2D eigenvalue weighted by molar-refractivity contribution is 7.99. The number of benzene rings is 1. The molecule has 2 rings (SSSR count). The molecule has 0 aliphatic rings. The second-order valence-corrected chi connectivity index (χ2v) is 7.77. The first-order chi connectivity index (χ1) is 16.1. The second kappa shape index (κ2) is 13.0. The van der Waals surface area contributed by atoms with Gasteiger partial charge in [0.15, 0.2) is 5.16 Å². The van der Waals surface area contributed by atoms with Gasteiger partial charge in [-0.3, -0.25) is 0 Å². The Morgan fingerprint density at radius 3 is 2.06 bits per heavy atom. The second-order valence-electron chi connectivity index (χ2n) is 6.76. The molecule has 186 valence electrons. The maximum atomic E-state index is 11.2. The van der Waals surface area contributed by atoms with E-state index in [1.807, 2.05) is 12.1 Å². The zero-order valence-electron chi connectivity index (χ0n) is 17.5. The number of hydrogen-bond donors (Lipinski definition) is 5. The van der Waals surface area contributed by atoms with Crippen LogP contribution in [0.25, 0.3) is 11.0 Å². The van der Waals surface area contributed by atoms with Gasteiger partial charge in [-0.2, -0.15) is 0 Å². The van der Waals surface area contributed by atoms with Gasteiger partial charge in [0.1, 0.15) is 18.3 Å². The van der Waals surface area contributed by atoms with Gasteiger partial charge in [0.25, 0.3) is 0 Å². The molecule has 0 spiro atoms. The molecule has 0 fully saturated rings. The number of carboxylic acid groups (broad SMARTS) is 4. The van der Waals surface area contributed by atoms with E-state index < -0.39 is 49.5 Å². The van der Waals surface area contributed by atoms with E-state index in [0.29, 0.717) is 10.7 Å². The van der Waals surface area contributed by atoms with Crippen molar-refractivity contribution in [2.24, 2.45) is 0 Å². The maximum absolute atomic E-state index is 11.2. The van der Waals surface area contributed by atoms with E-state index in [9.17, 15) is 19.2 Å². The van der Waals surface area contributed by atoms with Crippen LogP contribution in [0.15, 0.2) is 29.4 Å². The molecule has 2 aromatic rings. The van der Waals surface area contributed by atoms with Crippen LogP contribution in [0, 0.1) is 0 Å². The predicted molar refractivity (Wildman–Crippen MR) is 113 cm³/mol. The largest absolute Gasteiger partial charge is 0.506 e. The summed E-state index contributed by atoms with van der Waals surface area (Å²) in [6.45, 7) is -0.413.